The molecule has 140 heavy (non-hydrogen) atoms. The third kappa shape index (κ3) is 40.9. The number of carbonyl (C=O) groups is 15. The molecule has 43 heteroatoms. The first-order chi connectivity index (χ1) is 67.0. The Kier molecular flexibility index (Phi) is 49.6. The number of aliphatic hydroxyl groups is 3. The Labute approximate surface area is 814 Å². The van der Waals surface area contributed by atoms with Crippen molar-refractivity contribution in [3.8, 4) is 5.69 Å². The van der Waals surface area contributed by atoms with Crippen LogP contribution in [0.3, 0.4) is 0 Å². The number of aromatic nitrogens is 5. The second-order valence-corrected chi connectivity index (χ2v) is 36.4. The summed E-state index contributed by atoms with van der Waals surface area (Å²) < 4.78 is 17.2. The minimum Gasteiger partial charge on any atom is -0.481 e. The van der Waals surface area contributed by atoms with Crippen molar-refractivity contribution in [1.82, 2.24) is 88.7 Å². The number of aromatic amines is 1. The third-order valence-corrected chi connectivity index (χ3v) is 24.6. The fourth-order valence-electron chi connectivity index (χ4n) is 16.6. The third-order valence-electron chi connectivity index (χ3n) is 24.6. The number of H-pyrrole nitrogens is 1. The van der Waals surface area contributed by atoms with Crippen LogP contribution in [0.4, 0.5) is 10.1 Å². The van der Waals surface area contributed by atoms with Gasteiger partial charge in [0.2, 0.25) is 65.0 Å². The van der Waals surface area contributed by atoms with Crippen LogP contribution < -0.4 is 75.3 Å². The number of amides is 11. The van der Waals surface area contributed by atoms with Crippen LogP contribution in [0.15, 0.2) is 103 Å². The van der Waals surface area contributed by atoms with Gasteiger partial charge < -0.3 is 110 Å². The number of benzene rings is 3. The molecule has 1 fully saturated rings. The van der Waals surface area contributed by atoms with Gasteiger partial charge in [-0.25, -0.2) is 14.1 Å². The van der Waals surface area contributed by atoms with Crippen LogP contribution in [-0.2, 0) is 104 Å². The van der Waals surface area contributed by atoms with Crippen LogP contribution in [0.1, 0.15) is 267 Å². The molecule has 770 valence electrons. The number of hydrogen-bond acceptors (Lipinski definition) is 25. The SMILES string of the molecule is C[C@@H](O)[C@H](NC(=O)CNC(=O)[C@H](CCC(=O)O)NC(=O)[C@@H]1CCCN1C(=O)C(N)Cc1c[nH]cn1)C(=O)NC(C)(Cc1ccccc1F)C(=O)N[C@H](C(=O)N[C@@H](CO)C(=O)N[C@@H](CC(=O)O)C(=O)N[C@@H](Cc1ccc(-n2cc(CCCCCCCCCCCCCCCC(=O)O)nn2)cc1)C(=O)N[C@@H](Cc1ccc(N2C=C(CCCCCCCCCCCCCCCC(=O)O)NN2)cc1)C(N)=O)[C@@H](C)O. The number of halogens is 1. The summed E-state index contributed by atoms with van der Waals surface area (Å²) in [4.78, 5) is 209. The van der Waals surface area contributed by atoms with Gasteiger partial charge in [0.25, 0.3) is 0 Å². The molecule has 2 unspecified atom stereocenters. The van der Waals surface area contributed by atoms with Crippen LogP contribution in [0.5, 0.6) is 0 Å². The predicted molar refractivity (Wildman–Crippen MR) is 512 cm³/mol. The average molecular weight is 1960 g/mol. The van der Waals surface area contributed by atoms with Crippen molar-refractivity contribution in [3.05, 3.63) is 137 Å². The molecule has 12 atom stereocenters. The summed E-state index contributed by atoms with van der Waals surface area (Å²) in [5.41, 5.74) is 20.3. The summed E-state index contributed by atoms with van der Waals surface area (Å²) in [6.45, 7) is 0.942. The van der Waals surface area contributed by atoms with E-state index in [1.54, 1.807) is 70.6 Å². The van der Waals surface area contributed by atoms with Crippen molar-refractivity contribution in [2.45, 2.75) is 343 Å². The van der Waals surface area contributed by atoms with Gasteiger partial charge in [-0.05, 0) is 126 Å². The molecule has 3 aromatic carbocycles. The normalized spacial score (nSPS) is 15.5. The van der Waals surface area contributed by atoms with E-state index in [0.29, 0.717) is 35.3 Å². The van der Waals surface area contributed by atoms with Gasteiger partial charge in [-0.15, -0.1) is 10.6 Å². The fourth-order valence-corrected chi connectivity index (χ4v) is 16.6. The number of anilines is 1. The summed E-state index contributed by atoms with van der Waals surface area (Å²) in [7, 11) is 0. The molecule has 1 saturated heterocycles. The van der Waals surface area contributed by atoms with Gasteiger partial charge in [-0.1, -0.05) is 189 Å². The molecular weight excluding hydrogens is 1820 g/mol. The van der Waals surface area contributed by atoms with E-state index >= 15 is 4.39 Å². The number of hydrogen-bond donors (Lipinski definition) is 21. The maximum absolute atomic E-state index is 15.6. The zero-order valence-corrected chi connectivity index (χ0v) is 80.3. The molecule has 7 rings (SSSR count). The lowest BCUT2D eigenvalue weighted by Crippen LogP contribution is -2.67. The van der Waals surface area contributed by atoms with Crippen molar-refractivity contribution in [1.29, 1.82) is 0 Å². The van der Waals surface area contributed by atoms with Gasteiger partial charge in [0.15, 0.2) is 0 Å². The smallest absolute Gasteiger partial charge is 0.305 e. The molecular formula is C97H143FN20O22. The van der Waals surface area contributed by atoms with Crippen molar-refractivity contribution in [2.24, 2.45) is 11.5 Å². The number of aliphatic hydroxyl groups excluding tert-OH is 3. The van der Waals surface area contributed by atoms with Gasteiger partial charge in [-0.2, -0.15) is 0 Å². The minimum atomic E-state index is -2.44. The number of nitrogens with one attached hydrogen (secondary N) is 12. The highest BCUT2D eigenvalue weighted by atomic mass is 19.1. The maximum atomic E-state index is 15.6. The lowest BCUT2D eigenvalue weighted by Gasteiger charge is -2.34. The van der Waals surface area contributed by atoms with Crippen molar-refractivity contribution in [2.75, 3.05) is 24.7 Å². The van der Waals surface area contributed by atoms with Crippen LogP contribution in [0.2, 0.25) is 0 Å². The molecule has 0 saturated carbocycles. The van der Waals surface area contributed by atoms with Crippen LogP contribution >= 0.6 is 0 Å². The summed E-state index contributed by atoms with van der Waals surface area (Å²) in [5.74, 6) is -17.9. The quantitative estimate of drug-likeness (QED) is 0.0240. The monoisotopic (exact) mass is 1960 g/mol. The number of nitrogens with zero attached hydrogens (tertiary/aromatic N) is 6. The van der Waals surface area contributed by atoms with E-state index < -0.39 is 206 Å². The number of hydrazine groups is 2. The molecule has 0 bridgehead atoms. The zero-order chi connectivity index (χ0) is 102. The number of aliphatic carboxylic acids is 4. The highest BCUT2D eigenvalue weighted by molar-refractivity contribution is 6.01. The number of rotatable bonds is 70. The molecule has 42 nitrogen and oxygen atoms in total. The van der Waals surface area contributed by atoms with Gasteiger partial charge in [0, 0.05) is 69.6 Å². The number of carboxylic acids is 4. The number of allylic oxidation sites excluding steroid dienone is 1. The number of nitrogens with two attached hydrogens (primary N) is 2. The Bertz CT molecular complexity index is 4850. The van der Waals surface area contributed by atoms with Crippen LogP contribution in [0.25, 0.3) is 5.69 Å². The highest BCUT2D eigenvalue weighted by Gasteiger charge is 2.44. The molecule has 0 aliphatic carbocycles. The number of imidazole rings is 1. The Morgan fingerprint density at radius 2 is 1.04 bits per heavy atom. The Balaban J connectivity index is 1.00. The predicted octanol–water partition coefficient (Wildman–Crippen LogP) is 4.38. The van der Waals surface area contributed by atoms with Crippen molar-refractivity contribution >= 4 is 94.5 Å². The van der Waals surface area contributed by atoms with E-state index in [0.717, 1.165) is 166 Å². The number of primary amides is 1. The maximum Gasteiger partial charge on any atom is 0.305 e. The number of carbonyl (C=O) groups excluding carboxylic acids is 11. The van der Waals surface area contributed by atoms with E-state index in [9.17, 15) is 97.5 Å². The Hall–Kier alpha value is -12.9. The van der Waals surface area contributed by atoms with Crippen molar-refractivity contribution in [3.63, 3.8) is 0 Å². The molecule has 5 aromatic rings. The van der Waals surface area contributed by atoms with E-state index in [-0.39, 0.29) is 50.6 Å². The summed E-state index contributed by atoms with van der Waals surface area (Å²) in [5, 5.41) is 102. The standard InChI is InChI=1S/C97H143FN20O22/c1-62(120)85(110-96(140)97(3,55-66-33-30-31-36-72(66)98)111-94(138)86(63(2)121)109-80(122)57-102-88(132)74(48-49-83(127)128)104-92(136)79-37-32-50-116(79)95(139)73(99)53-69-56-101-61-103-69)93(137)108-78(60-119)91(135)107-77(54-84(129)130)90(134)106-76(52-65-42-46-71(47-43-65)118-59-68(113-115-118)35-27-23-19-15-11-7-5-9-13-17-21-25-29-39-82(125)126)89(133)105-75(87(100)131)51-64-40-44-70(45-41-64)117-58-67(112-114-117)34-26-22-18-14-10-6-4-8-12-16-20-24-28-38-81(123)124/h30-31,33,36,40-47,56,58-59,61-63,73-79,85-86,112,114,119-121H,4-29,32,34-35,37-39,48-55,57,60,99H2,1-3H3,(H2,100,131)(H,101,103)(H,102,132)(H,104,136)(H,105,133)(H,106,134)(H,107,135)(H,108,137)(H,109,122)(H,110,140)(H,111,138)(H,123,124)(H,125,126)(H,127,128)(H,129,130)/t62-,63-,73?,74+,75+,76+,77+,78+,79+,85+,86+,97?/m1/s1. The average Bonchev–Trinajstić information content (AvgIpc) is 0.979. The number of carboxylic acid groups (broad SMARTS) is 4. The summed E-state index contributed by atoms with van der Waals surface area (Å²) in [6, 6.07) is 3.26. The van der Waals surface area contributed by atoms with Crippen molar-refractivity contribution < 1.29 is 112 Å². The topological polar surface area (TPSA) is 648 Å². The minimum absolute atomic E-state index is 0.0329. The van der Waals surface area contributed by atoms with Gasteiger partial charge in [0.05, 0.1) is 73.1 Å². The Morgan fingerprint density at radius 1 is 0.536 bits per heavy atom. The molecule has 4 heterocycles. The first-order valence-corrected chi connectivity index (χ1v) is 48.7. The second-order valence-electron chi connectivity index (χ2n) is 36.4. The number of likely N-dealkylation sites (tertiary alicyclic amines) is 1. The molecule has 2 aliphatic heterocycles. The zero-order valence-electron chi connectivity index (χ0n) is 80.3. The number of unbranched alkanes of at least 4 members (excludes halogenated alkanes) is 24. The molecule has 23 N–H and O–H groups in total. The molecule has 2 aliphatic rings. The second kappa shape index (κ2) is 60.9. The molecule has 0 radical (unpaired) electrons. The first-order valence-electron chi connectivity index (χ1n) is 48.7. The van der Waals surface area contributed by atoms with Crippen LogP contribution in [0, 0.1) is 5.82 Å². The van der Waals surface area contributed by atoms with E-state index in [1.807, 2.05) is 6.20 Å². The summed E-state index contributed by atoms with van der Waals surface area (Å²) in [6.07, 6.45) is 29.8. The molecule has 0 spiro atoms. The highest BCUT2D eigenvalue weighted by Crippen LogP contribution is 2.26. The summed E-state index contributed by atoms with van der Waals surface area (Å²) >= 11 is 0. The van der Waals surface area contributed by atoms with E-state index in [2.05, 4.69) is 79.1 Å². The number of aryl methyl sites for hydroxylation is 1. The van der Waals surface area contributed by atoms with Gasteiger partial charge >= 0.3 is 23.9 Å². The molecule has 2 aromatic heterocycles. The van der Waals surface area contributed by atoms with E-state index in [1.165, 1.54) is 80.8 Å². The lowest BCUT2D eigenvalue weighted by molar-refractivity contribution is -0.142. The van der Waals surface area contributed by atoms with E-state index in [4.69, 9.17) is 21.7 Å². The van der Waals surface area contributed by atoms with Gasteiger partial charge in [-0.3, -0.25) is 76.9 Å². The molecule has 11 amide bonds. The Morgan fingerprint density at radius 3 is 1.56 bits per heavy atom. The largest absolute Gasteiger partial charge is 0.481 e. The fraction of sp³-hybridized carbons (Fsp3) is 0.588. The lowest BCUT2D eigenvalue weighted by atomic mass is 9.90. The van der Waals surface area contributed by atoms with Crippen LogP contribution in [-0.4, -0.2) is 246 Å². The first kappa shape index (κ1) is 114. The van der Waals surface area contributed by atoms with Gasteiger partial charge in [0.1, 0.15) is 59.7 Å².